The van der Waals surface area contributed by atoms with Crippen LogP contribution < -0.4 is 4.74 Å². The second kappa shape index (κ2) is 4.09. The molecule has 0 saturated heterocycles. The van der Waals surface area contributed by atoms with Crippen molar-refractivity contribution in [1.82, 2.24) is 0 Å². The van der Waals surface area contributed by atoms with Crippen LogP contribution in [0.1, 0.15) is 21.5 Å². The third kappa shape index (κ3) is 1.84. The first kappa shape index (κ1) is 10.5. The Morgan fingerprint density at radius 2 is 1.93 bits per heavy atom. The van der Waals surface area contributed by atoms with Crippen LogP contribution in [0.5, 0.6) is 5.75 Å². The molecule has 0 heterocycles. The van der Waals surface area contributed by atoms with E-state index in [-0.39, 0.29) is 5.78 Å². The van der Waals surface area contributed by atoms with E-state index in [4.69, 9.17) is 4.74 Å². The summed E-state index contributed by atoms with van der Waals surface area (Å²) in [6.45, 7) is 7.41. The fraction of sp³-hybridized carbons (Fsp3) is 0.250. The number of aryl methyl sites for hydroxylation is 2. The van der Waals surface area contributed by atoms with Crippen LogP contribution in [0.25, 0.3) is 0 Å². The van der Waals surface area contributed by atoms with Crippen LogP contribution in [0, 0.1) is 13.8 Å². The number of hydrogen-bond donors (Lipinski definition) is 0. The van der Waals surface area contributed by atoms with Crippen molar-refractivity contribution in [3.05, 3.63) is 41.5 Å². The van der Waals surface area contributed by atoms with E-state index < -0.39 is 0 Å². The van der Waals surface area contributed by atoms with Gasteiger partial charge >= 0.3 is 0 Å². The monoisotopic (exact) mass is 190 g/mol. The summed E-state index contributed by atoms with van der Waals surface area (Å²) in [4.78, 5) is 11.5. The highest BCUT2D eigenvalue weighted by atomic mass is 16.5. The second-order valence-electron chi connectivity index (χ2n) is 3.21. The smallest absolute Gasteiger partial charge is 0.188 e. The number of ketones is 1. The van der Waals surface area contributed by atoms with E-state index in [0.29, 0.717) is 11.3 Å². The Hall–Kier alpha value is -1.57. The number of hydrogen-bond acceptors (Lipinski definition) is 2. The molecule has 2 heteroatoms. The lowest BCUT2D eigenvalue weighted by Gasteiger charge is -2.09. The zero-order chi connectivity index (χ0) is 10.7. The summed E-state index contributed by atoms with van der Waals surface area (Å²) >= 11 is 0. The highest BCUT2D eigenvalue weighted by molar-refractivity contribution is 6.06. The third-order valence-corrected chi connectivity index (χ3v) is 2.27. The van der Waals surface area contributed by atoms with Crippen LogP contribution in [0.2, 0.25) is 0 Å². The van der Waals surface area contributed by atoms with Crippen molar-refractivity contribution in [2.75, 3.05) is 7.11 Å². The molecule has 0 unspecified atom stereocenters. The summed E-state index contributed by atoms with van der Waals surface area (Å²) in [6.07, 6.45) is 1.30. The normalized spacial score (nSPS) is 9.64. The third-order valence-electron chi connectivity index (χ3n) is 2.27. The van der Waals surface area contributed by atoms with E-state index in [1.54, 1.807) is 7.11 Å². The Morgan fingerprint density at radius 1 is 1.36 bits per heavy atom. The number of allylic oxidation sites excluding steroid dienone is 1. The van der Waals surface area contributed by atoms with E-state index >= 15 is 0 Å². The SMILES string of the molecule is C=CC(=O)c1cc(C)c(C)cc1OC. The molecule has 0 spiro atoms. The fourth-order valence-corrected chi connectivity index (χ4v) is 1.26. The minimum atomic E-state index is -0.107. The van der Waals surface area contributed by atoms with Gasteiger partial charge in [0.2, 0.25) is 0 Å². The second-order valence-corrected chi connectivity index (χ2v) is 3.21. The summed E-state index contributed by atoms with van der Waals surface area (Å²) in [5, 5.41) is 0. The zero-order valence-corrected chi connectivity index (χ0v) is 8.76. The molecular formula is C12H14O2. The van der Waals surface area contributed by atoms with Gasteiger partial charge in [-0.05, 0) is 43.2 Å². The largest absolute Gasteiger partial charge is 0.496 e. The molecule has 0 aliphatic rings. The van der Waals surface area contributed by atoms with Gasteiger partial charge in [-0.3, -0.25) is 4.79 Å². The van der Waals surface area contributed by atoms with Crippen molar-refractivity contribution >= 4 is 5.78 Å². The fourth-order valence-electron chi connectivity index (χ4n) is 1.26. The van der Waals surface area contributed by atoms with E-state index in [0.717, 1.165) is 11.1 Å². The molecule has 74 valence electrons. The van der Waals surface area contributed by atoms with Gasteiger partial charge in [0.25, 0.3) is 0 Å². The van der Waals surface area contributed by atoms with Gasteiger partial charge in [0.1, 0.15) is 5.75 Å². The maximum absolute atomic E-state index is 11.5. The molecule has 1 rings (SSSR count). The molecule has 0 N–H and O–H groups in total. The van der Waals surface area contributed by atoms with Gasteiger partial charge in [0.05, 0.1) is 12.7 Å². The van der Waals surface area contributed by atoms with Gasteiger partial charge in [-0.15, -0.1) is 0 Å². The average molecular weight is 190 g/mol. The number of carbonyl (C=O) groups excluding carboxylic acids is 1. The molecule has 0 radical (unpaired) electrons. The zero-order valence-electron chi connectivity index (χ0n) is 8.76. The molecular weight excluding hydrogens is 176 g/mol. The van der Waals surface area contributed by atoms with Crippen LogP contribution in [0.4, 0.5) is 0 Å². The molecule has 2 nitrogen and oxygen atoms in total. The minimum absolute atomic E-state index is 0.107. The molecule has 14 heavy (non-hydrogen) atoms. The lowest BCUT2D eigenvalue weighted by molar-refractivity contribution is 0.104. The van der Waals surface area contributed by atoms with Crippen molar-refractivity contribution in [2.45, 2.75) is 13.8 Å². The van der Waals surface area contributed by atoms with Gasteiger partial charge in [0.15, 0.2) is 5.78 Å². The highest BCUT2D eigenvalue weighted by Crippen LogP contribution is 2.23. The number of rotatable bonds is 3. The van der Waals surface area contributed by atoms with Gasteiger partial charge < -0.3 is 4.74 Å². The van der Waals surface area contributed by atoms with Gasteiger partial charge in [0, 0.05) is 0 Å². The Kier molecular flexibility index (Phi) is 3.07. The van der Waals surface area contributed by atoms with Gasteiger partial charge in [-0.1, -0.05) is 6.58 Å². The topological polar surface area (TPSA) is 26.3 Å². The Labute approximate surface area is 84.2 Å². The van der Waals surface area contributed by atoms with Crippen molar-refractivity contribution in [3.63, 3.8) is 0 Å². The van der Waals surface area contributed by atoms with E-state index in [9.17, 15) is 4.79 Å². The summed E-state index contributed by atoms with van der Waals surface area (Å²) in [6, 6.07) is 3.70. The van der Waals surface area contributed by atoms with Crippen LogP contribution >= 0.6 is 0 Å². The number of ether oxygens (including phenoxy) is 1. The average Bonchev–Trinajstić information content (AvgIpc) is 2.20. The highest BCUT2D eigenvalue weighted by Gasteiger charge is 2.10. The molecule has 0 amide bonds. The van der Waals surface area contributed by atoms with Crippen LogP contribution in [-0.2, 0) is 0 Å². The van der Waals surface area contributed by atoms with Crippen LogP contribution in [0.15, 0.2) is 24.8 Å². The van der Waals surface area contributed by atoms with Crippen LogP contribution in [0.3, 0.4) is 0 Å². The molecule has 0 atom stereocenters. The maximum atomic E-state index is 11.5. The lowest BCUT2D eigenvalue weighted by Crippen LogP contribution is -2.00. The Bertz CT molecular complexity index is 378. The van der Waals surface area contributed by atoms with Crippen LogP contribution in [-0.4, -0.2) is 12.9 Å². The lowest BCUT2D eigenvalue weighted by atomic mass is 10.0. The predicted molar refractivity (Wildman–Crippen MR) is 57.0 cm³/mol. The summed E-state index contributed by atoms with van der Waals surface area (Å²) < 4.78 is 5.14. The summed E-state index contributed by atoms with van der Waals surface area (Å²) in [5.41, 5.74) is 2.77. The quantitative estimate of drug-likeness (QED) is 0.541. The molecule has 0 aromatic heterocycles. The van der Waals surface area contributed by atoms with E-state index in [1.807, 2.05) is 26.0 Å². The van der Waals surface area contributed by atoms with Crippen molar-refractivity contribution < 1.29 is 9.53 Å². The summed E-state index contributed by atoms with van der Waals surface area (Å²) in [7, 11) is 1.56. The molecule has 0 saturated carbocycles. The molecule has 0 aliphatic heterocycles. The van der Waals surface area contributed by atoms with Crippen molar-refractivity contribution in [2.24, 2.45) is 0 Å². The first-order valence-electron chi connectivity index (χ1n) is 4.42. The molecule has 0 aliphatic carbocycles. The molecule has 0 bridgehead atoms. The summed E-state index contributed by atoms with van der Waals surface area (Å²) in [5.74, 6) is 0.503. The Morgan fingerprint density at radius 3 is 2.43 bits per heavy atom. The molecule has 1 aromatic rings. The standard InChI is InChI=1S/C12H14O2/c1-5-11(13)10-6-8(2)9(3)7-12(10)14-4/h5-7H,1H2,2-4H3. The van der Waals surface area contributed by atoms with Crippen molar-refractivity contribution in [1.29, 1.82) is 0 Å². The number of carbonyl (C=O) groups is 1. The minimum Gasteiger partial charge on any atom is -0.496 e. The molecule has 1 aromatic carbocycles. The van der Waals surface area contributed by atoms with Gasteiger partial charge in [-0.2, -0.15) is 0 Å². The maximum Gasteiger partial charge on any atom is 0.188 e. The first-order valence-corrected chi connectivity index (χ1v) is 4.42. The van der Waals surface area contributed by atoms with E-state index in [2.05, 4.69) is 6.58 Å². The van der Waals surface area contributed by atoms with Gasteiger partial charge in [-0.25, -0.2) is 0 Å². The first-order chi connectivity index (χ1) is 6.60. The van der Waals surface area contributed by atoms with Crippen molar-refractivity contribution in [3.8, 4) is 5.75 Å². The Balaban J connectivity index is 3.33. The van der Waals surface area contributed by atoms with E-state index in [1.165, 1.54) is 6.08 Å². The number of benzene rings is 1. The molecule has 0 fully saturated rings. The predicted octanol–water partition coefficient (Wildman–Crippen LogP) is 2.68. The number of methoxy groups -OCH3 is 1.